The van der Waals surface area contributed by atoms with Gasteiger partial charge in [-0.2, -0.15) is 0 Å². The molecule has 3 rings (SSSR count). The molecule has 2 amide bonds. The fourth-order valence-corrected chi connectivity index (χ4v) is 3.31. The van der Waals surface area contributed by atoms with Crippen molar-refractivity contribution in [3.8, 4) is 5.75 Å². The van der Waals surface area contributed by atoms with Gasteiger partial charge in [-0.25, -0.2) is 0 Å². The molecule has 0 atom stereocenters. The van der Waals surface area contributed by atoms with Gasteiger partial charge >= 0.3 is 0 Å². The number of nitrogens with one attached hydrogen (secondary N) is 3. The molecule has 0 radical (unpaired) electrons. The van der Waals surface area contributed by atoms with Crippen LogP contribution < -0.4 is 20.9 Å². The van der Waals surface area contributed by atoms with Gasteiger partial charge in [-0.15, -0.1) is 0 Å². The molecule has 0 aliphatic rings. The Hall–Kier alpha value is -3.71. The maximum atomic E-state index is 13.0. The van der Waals surface area contributed by atoms with Crippen molar-refractivity contribution in [3.05, 3.63) is 102 Å². The summed E-state index contributed by atoms with van der Waals surface area (Å²) in [7, 11) is 0. The molecular formula is C25H25N3O3S. The lowest BCUT2D eigenvalue weighted by molar-refractivity contribution is -0.122. The molecule has 7 heteroatoms. The van der Waals surface area contributed by atoms with Gasteiger partial charge in [0.15, 0.2) is 5.11 Å². The largest absolute Gasteiger partial charge is 0.491 e. The first-order chi connectivity index (χ1) is 15.4. The Balaban J connectivity index is 1.63. The van der Waals surface area contributed by atoms with Crippen LogP contribution in [0.2, 0.25) is 0 Å². The van der Waals surface area contributed by atoms with Crippen molar-refractivity contribution >= 4 is 29.1 Å². The van der Waals surface area contributed by atoms with Gasteiger partial charge in [-0.05, 0) is 55.4 Å². The number of hydrazine groups is 1. The highest BCUT2D eigenvalue weighted by atomic mass is 32.1. The molecule has 0 bridgehead atoms. The fraction of sp³-hybridized carbons (Fsp3) is 0.160. The molecule has 0 saturated carbocycles. The van der Waals surface area contributed by atoms with E-state index < -0.39 is 11.8 Å². The summed E-state index contributed by atoms with van der Waals surface area (Å²) < 4.78 is 5.61. The van der Waals surface area contributed by atoms with Crippen LogP contribution in [-0.2, 0) is 4.79 Å². The van der Waals surface area contributed by atoms with Gasteiger partial charge in [0.25, 0.3) is 5.91 Å². The molecule has 3 aromatic carbocycles. The summed E-state index contributed by atoms with van der Waals surface area (Å²) in [5.74, 6) is -0.651. The molecule has 0 fully saturated rings. The van der Waals surface area contributed by atoms with Gasteiger partial charge in [0.1, 0.15) is 5.75 Å². The summed E-state index contributed by atoms with van der Waals surface area (Å²) in [6.45, 7) is 3.82. The number of hydrogen-bond acceptors (Lipinski definition) is 4. The number of benzene rings is 3. The van der Waals surface area contributed by atoms with Crippen molar-refractivity contribution in [2.24, 2.45) is 0 Å². The van der Waals surface area contributed by atoms with E-state index in [4.69, 9.17) is 17.0 Å². The third kappa shape index (κ3) is 6.39. The lowest BCUT2D eigenvalue weighted by Gasteiger charge is -2.19. The smallest absolute Gasteiger partial charge is 0.257 e. The molecule has 0 aromatic heterocycles. The predicted molar refractivity (Wildman–Crippen MR) is 128 cm³/mol. The first kappa shape index (κ1) is 23.0. The van der Waals surface area contributed by atoms with E-state index in [1.807, 2.05) is 74.5 Å². The normalized spacial score (nSPS) is 10.5. The van der Waals surface area contributed by atoms with Crippen LogP contribution in [0.4, 0.5) is 0 Å². The van der Waals surface area contributed by atoms with Crippen LogP contribution in [0.15, 0.2) is 84.9 Å². The Morgan fingerprint density at radius 3 is 1.97 bits per heavy atom. The van der Waals surface area contributed by atoms with Gasteiger partial charge in [0.05, 0.1) is 12.0 Å². The minimum absolute atomic E-state index is 0.00607. The number of rotatable bonds is 6. The Bertz CT molecular complexity index is 1030. The Labute approximate surface area is 193 Å². The third-order valence-electron chi connectivity index (χ3n) is 4.52. The number of ether oxygens (including phenoxy) is 1. The maximum absolute atomic E-state index is 13.0. The van der Waals surface area contributed by atoms with Crippen molar-refractivity contribution < 1.29 is 14.3 Å². The van der Waals surface area contributed by atoms with Crippen LogP contribution in [-0.4, -0.2) is 23.0 Å². The molecule has 0 unspecified atom stereocenters. The molecule has 3 N–H and O–H groups in total. The van der Waals surface area contributed by atoms with E-state index in [0.29, 0.717) is 11.3 Å². The SMILES string of the molecule is CC(C)Oc1cccc(C(=O)NC(=S)NNC(=O)C(c2ccccc2)c2ccccc2)c1. The summed E-state index contributed by atoms with van der Waals surface area (Å²) in [5.41, 5.74) is 7.30. The summed E-state index contributed by atoms with van der Waals surface area (Å²) >= 11 is 5.18. The zero-order valence-electron chi connectivity index (χ0n) is 17.9. The maximum Gasteiger partial charge on any atom is 0.257 e. The molecule has 0 saturated heterocycles. The fourth-order valence-electron chi connectivity index (χ4n) is 3.17. The van der Waals surface area contributed by atoms with E-state index in [0.717, 1.165) is 11.1 Å². The van der Waals surface area contributed by atoms with Gasteiger partial charge in [-0.3, -0.25) is 25.8 Å². The Morgan fingerprint density at radius 1 is 0.812 bits per heavy atom. The number of hydrogen-bond donors (Lipinski definition) is 3. The van der Waals surface area contributed by atoms with E-state index in [9.17, 15) is 9.59 Å². The molecule has 0 spiro atoms. The molecule has 0 aliphatic heterocycles. The van der Waals surface area contributed by atoms with Crippen LogP contribution >= 0.6 is 12.2 Å². The third-order valence-corrected chi connectivity index (χ3v) is 4.73. The monoisotopic (exact) mass is 447 g/mol. The standard InChI is InChI=1S/C25H25N3O3S/c1-17(2)31-21-15-9-14-20(16-21)23(29)26-25(32)28-27-24(30)22(18-10-5-3-6-11-18)19-12-7-4-8-13-19/h3-17,22H,1-2H3,(H,27,30)(H2,26,28,29,32). The molecular weight excluding hydrogens is 422 g/mol. The lowest BCUT2D eigenvalue weighted by atomic mass is 9.91. The quantitative estimate of drug-likeness (QED) is 0.394. The molecule has 3 aromatic rings. The van der Waals surface area contributed by atoms with Crippen molar-refractivity contribution in [3.63, 3.8) is 0 Å². The summed E-state index contributed by atoms with van der Waals surface area (Å²) in [6.07, 6.45) is -0.00607. The van der Waals surface area contributed by atoms with E-state index in [1.165, 1.54) is 0 Å². The number of carbonyl (C=O) groups excluding carboxylic acids is 2. The second-order valence-electron chi connectivity index (χ2n) is 7.35. The molecule has 0 aliphatic carbocycles. The van der Waals surface area contributed by atoms with E-state index >= 15 is 0 Å². The van der Waals surface area contributed by atoms with Crippen LogP contribution in [0.1, 0.15) is 41.3 Å². The number of thiocarbonyl (C=S) groups is 1. The lowest BCUT2D eigenvalue weighted by Crippen LogP contribution is -2.49. The predicted octanol–water partition coefficient (Wildman–Crippen LogP) is 3.94. The highest BCUT2D eigenvalue weighted by Crippen LogP contribution is 2.24. The van der Waals surface area contributed by atoms with Crippen LogP contribution in [0.3, 0.4) is 0 Å². The Morgan fingerprint density at radius 2 is 1.41 bits per heavy atom. The first-order valence-corrected chi connectivity index (χ1v) is 10.6. The topological polar surface area (TPSA) is 79.5 Å². The number of amides is 2. The highest BCUT2D eigenvalue weighted by molar-refractivity contribution is 7.80. The zero-order valence-corrected chi connectivity index (χ0v) is 18.7. The van der Waals surface area contributed by atoms with Gasteiger partial charge < -0.3 is 4.74 Å². The molecule has 0 heterocycles. The van der Waals surface area contributed by atoms with Crippen molar-refractivity contribution in [1.82, 2.24) is 16.2 Å². The summed E-state index contributed by atoms with van der Waals surface area (Å²) in [4.78, 5) is 25.5. The first-order valence-electron chi connectivity index (χ1n) is 10.2. The average molecular weight is 448 g/mol. The van der Waals surface area contributed by atoms with Gasteiger partial charge in [0.2, 0.25) is 5.91 Å². The average Bonchev–Trinajstić information content (AvgIpc) is 2.79. The second-order valence-corrected chi connectivity index (χ2v) is 7.75. The van der Waals surface area contributed by atoms with E-state index in [2.05, 4.69) is 16.2 Å². The van der Waals surface area contributed by atoms with Crippen molar-refractivity contribution in [2.75, 3.05) is 0 Å². The second kappa shape index (κ2) is 11.1. The van der Waals surface area contributed by atoms with Gasteiger partial charge in [0, 0.05) is 5.56 Å². The molecule has 164 valence electrons. The molecule has 6 nitrogen and oxygen atoms in total. The summed E-state index contributed by atoms with van der Waals surface area (Å²) in [5, 5.41) is 2.55. The number of carbonyl (C=O) groups is 2. The Kier molecular flexibility index (Phi) is 7.94. The minimum Gasteiger partial charge on any atom is -0.491 e. The van der Waals surface area contributed by atoms with E-state index in [-0.39, 0.29) is 17.1 Å². The van der Waals surface area contributed by atoms with Gasteiger partial charge in [-0.1, -0.05) is 66.7 Å². The summed E-state index contributed by atoms with van der Waals surface area (Å²) in [6, 6.07) is 25.7. The van der Waals surface area contributed by atoms with Crippen LogP contribution in [0.25, 0.3) is 0 Å². The molecule has 32 heavy (non-hydrogen) atoms. The van der Waals surface area contributed by atoms with Crippen LogP contribution in [0, 0.1) is 0 Å². The van der Waals surface area contributed by atoms with Crippen molar-refractivity contribution in [2.45, 2.75) is 25.9 Å². The highest BCUT2D eigenvalue weighted by Gasteiger charge is 2.22. The van der Waals surface area contributed by atoms with Crippen molar-refractivity contribution in [1.29, 1.82) is 0 Å². The van der Waals surface area contributed by atoms with Crippen LogP contribution in [0.5, 0.6) is 5.75 Å². The minimum atomic E-state index is -0.534. The zero-order chi connectivity index (χ0) is 22.9. The van der Waals surface area contributed by atoms with E-state index in [1.54, 1.807) is 24.3 Å².